The highest BCUT2D eigenvalue weighted by atomic mass is 19.1. The predicted octanol–water partition coefficient (Wildman–Crippen LogP) is 3.24. The second-order valence-electron chi connectivity index (χ2n) is 5.81. The topological polar surface area (TPSA) is 35.5 Å². The van der Waals surface area contributed by atoms with E-state index in [1.165, 1.54) is 0 Å². The summed E-state index contributed by atoms with van der Waals surface area (Å²) in [5, 5.41) is 12.4. The molecule has 4 heteroatoms. The van der Waals surface area contributed by atoms with Gasteiger partial charge in [0.25, 0.3) is 0 Å². The van der Waals surface area contributed by atoms with Crippen LogP contribution < -0.4 is 10.2 Å². The van der Waals surface area contributed by atoms with Crippen molar-refractivity contribution < 1.29 is 9.50 Å². The number of anilines is 1. The molecule has 1 fully saturated rings. The third-order valence-electron chi connectivity index (χ3n) is 4.35. The Balaban J connectivity index is 2.28. The van der Waals surface area contributed by atoms with E-state index in [0.29, 0.717) is 6.04 Å². The van der Waals surface area contributed by atoms with E-state index in [1.54, 1.807) is 12.1 Å². The molecule has 3 nitrogen and oxygen atoms in total. The Morgan fingerprint density at radius 3 is 3.00 bits per heavy atom. The summed E-state index contributed by atoms with van der Waals surface area (Å²) in [6.45, 7) is 6.13. The minimum Gasteiger partial charge on any atom is -0.396 e. The molecule has 2 rings (SSSR count). The number of benzene rings is 1. The van der Waals surface area contributed by atoms with E-state index in [0.717, 1.165) is 50.0 Å². The zero-order valence-electron chi connectivity index (χ0n) is 13.1. The summed E-state index contributed by atoms with van der Waals surface area (Å²) in [4.78, 5) is 2.22. The van der Waals surface area contributed by atoms with Gasteiger partial charge < -0.3 is 15.3 Å². The highest BCUT2D eigenvalue weighted by Crippen LogP contribution is 2.35. The summed E-state index contributed by atoms with van der Waals surface area (Å²) in [6.07, 6.45) is 3.90. The number of rotatable bonds is 7. The minimum atomic E-state index is -0.131. The first kappa shape index (κ1) is 16.2. The molecule has 0 aliphatic carbocycles. The van der Waals surface area contributed by atoms with Crippen molar-refractivity contribution in [1.82, 2.24) is 5.32 Å². The van der Waals surface area contributed by atoms with Crippen molar-refractivity contribution in [3.8, 4) is 0 Å². The number of hydrogen-bond acceptors (Lipinski definition) is 3. The van der Waals surface area contributed by atoms with Crippen molar-refractivity contribution in [2.24, 2.45) is 0 Å². The van der Waals surface area contributed by atoms with Crippen molar-refractivity contribution in [2.75, 3.05) is 24.6 Å². The van der Waals surface area contributed by atoms with E-state index < -0.39 is 0 Å². The van der Waals surface area contributed by atoms with Crippen LogP contribution in [0.3, 0.4) is 0 Å². The fraction of sp³-hybridized carbons (Fsp3) is 0.647. The molecule has 2 unspecified atom stereocenters. The molecule has 0 saturated carbocycles. The first-order valence-corrected chi connectivity index (χ1v) is 8.08. The maximum Gasteiger partial charge on any atom is 0.146 e. The van der Waals surface area contributed by atoms with Gasteiger partial charge in [-0.05, 0) is 50.8 Å². The van der Waals surface area contributed by atoms with Crippen molar-refractivity contribution in [3.05, 3.63) is 29.6 Å². The molecule has 0 radical (unpaired) electrons. The predicted molar refractivity (Wildman–Crippen MR) is 85.2 cm³/mol. The largest absolute Gasteiger partial charge is 0.396 e. The van der Waals surface area contributed by atoms with Gasteiger partial charge in [0.05, 0.1) is 5.69 Å². The van der Waals surface area contributed by atoms with Gasteiger partial charge in [0.15, 0.2) is 0 Å². The van der Waals surface area contributed by atoms with Crippen LogP contribution in [0.1, 0.15) is 51.1 Å². The number of aliphatic hydroxyl groups is 1. The monoisotopic (exact) mass is 294 g/mol. The number of nitrogens with zero attached hydrogens (tertiary/aromatic N) is 1. The van der Waals surface area contributed by atoms with Gasteiger partial charge in [0.2, 0.25) is 0 Å². The molecule has 1 aliphatic rings. The van der Waals surface area contributed by atoms with E-state index in [9.17, 15) is 4.39 Å². The van der Waals surface area contributed by atoms with Crippen LogP contribution in [-0.4, -0.2) is 30.8 Å². The Kier molecular flexibility index (Phi) is 6.00. The lowest BCUT2D eigenvalue weighted by Crippen LogP contribution is -2.32. The van der Waals surface area contributed by atoms with Crippen LogP contribution in [0.2, 0.25) is 0 Å². The molecule has 1 aromatic carbocycles. The van der Waals surface area contributed by atoms with Crippen LogP contribution in [0.15, 0.2) is 18.2 Å². The fourth-order valence-electron chi connectivity index (χ4n) is 3.36. The number of halogens is 1. The Labute approximate surface area is 127 Å². The summed E-state index contributed by atoms with van der Waals surface area (Å²) in [5.41, 5.74) is 1.79. The van der Waals surface area contributed by atoms with Crippen LogP contribution in [0.5, 0.6) is 0 Å². The summed E-state index contributed by atoms with van der Waals surface area (Å²) < 4.78 is 14.5. The fourth-order valence-corrected chi connectivity index (χ4v) is 3.36. The van der Waals surface area contributed by atoms with Crippen molar-refractivity contribution in [3.63, 3.8) is 0 Å². The second-order valence-corrected chi connectivity index (χ2v) is 5.81. The van der Waals surface area contributed by atoms with Gasteiger partial charge in [-0.2, -0.15) is 0 Å². The van der Waals surface area contributed by atoms with Crippen molar-refractivity contribution in [2.45, 2.75) is 51.6 Å². The molecular formula is C17H27FN2O. The third kappa shape index (κ3) is 3.74. The summed E-state index contributed by atoms with van der Waals surface area (Å²) in [7, 11) is 0. The average molecular weight is 294 g/mol. The molecule has 0 amide bonds. The molecule has 2 N–H and O–H groups in total. The van der Waals surface area contributed by atoms with Crippen LogP contribution in [0, 0.1) is 5.82 Å². The highest BCUT2D eigenvalue weighted by molar-refractivity contribution is 5.57. The molecule has 0 aromatic heterocycles. The van der Waals surface area contributed by atoms with Crippen LogP contribution in [-0.2, 0) is 0 Å². The molecule has 1 saturated heterocycles. The Morgan fingerprint density at radius 1 is 1.48 bits per heavy atom. The van der Waals surface area contributed by atoms with Gasteiger partial charge in [-0.25, -0.2) is 4.39 Å². The molecule has 0 spiro atoms. The molecular weight excluding hydrogens is 267 g/mol. The molecule has 21 heavy (non-hydrogen) atoms. The number of hydrogen-bond donors (Lipinski definition) is 2. The van der Waals surface area contributed by atoms with Crippen molar-refractivity contribution >= 4 is 5.69 Å². The molecule has 1 heterocycles. The van der Waals surface area contributed by atoms with Gasteiger partial charge in [-0.15, -0.1) is 0 Å². The number of aliphatic hydroxyl groups excluding tert-OH is 1. The van der Waals surface area contributed by atoms with E-state index in [-0.39, 0.29) is 18.5 Å². The Hall–Kier alpha value is -1.13. The van der Waals surface area contributed by atoms with Gasteiger partial charge >= 0.3 is 0 Å². The SMILES string of the molecule is CCNC(C)c1cccc(F)c1N1CCCC1CCCO. The van der Waals surface area contributed by atoms with E-state index in [4.69, 9.17) is 5.11 Å². The van der Waals surface area contributed by atoms with Crippen LogP contribution in [0.4, 0.5) is 10.1 Å². The van der Waals surface area contributed by atoms with Gasteiger partial charge in [0, 0.05) is 25.2 Å². The second kappa shape index (κ2) is 7.76. The van der Waals surface area contributed by atoms with Crippen LogP contribution in [0.25, 0.3) is 0 Å². The lowest BCUT2D eigenvalue weighted by Gasteiger charge is -2.31. The molecule has 118 valence electrons. The minimum absolute atomic E-state index is 0.131. The smallest absolute Gasteiger partial charge is 0.146 e. The van der Waals surface area contributed by atoms with E-state index in [2.05, 4.69) is 24.1 Å². The van der Waals surface area contributed by atoms with E-state index >= 15 is 0 Å². The van der Waals surface area contributed by atoms with Gasteiger partial charge in [-0.1, -0.05) is 19.1 Å². The molecule has 2 atom stereocenters. The number of nitrogens with one attached hydrogen (secondary N) is 1. The quantitative estimate of drug-likeness (QED) is 0.810. The lowest BCUT2D eigenvalue weighted by molar-refractivity contribution is 0.279. The van der Waals surface area contributed by atoms with Crippen LogP contribution >= 0.6 is 0 Å². The Morgan fingerprint density at radius 2 is 2.29 bits per heavy atom. The zero-order valence-corrected chi connectivity index (χ0v) is 13.1. The average Bonchev–Trinajstić information content (AvgIpc) is 2.93. The summed E-state index contributed by atoms with van der Waals surface area (Å²) >= 11 is 0. The highest BCUT2D eigenvalue weighted by Gasteiger charge is 2.29. The number of para-hydroxylation sites is 1. The molecule has 1 aliphatic heterocycles. The molecule has 1 aromatic rings. The van der Waals surface area contributed by atoms with Gasteiger partial charge in [-0.3, -0.25) is 0 Å². The first-order valence-electron chi connectivity index (χ1n) is 8.08. The lowest BCUT2D eigenvalue weighted by atomic mass is 10.0. The van der Waals surface area contributed by atoms with Crippen molar-refractivity contribution in [1.29, 1.82) is 0 Å². The Bertz CT molecular complexity index is 452. The van der Waals surface area contributed by atoms with E-state index in [1.807, 2.05) is 6.07 Å². The zero-order chi connectivity index (χ0) is 15.2. The normalized spacial score (nSPS) is 20.0. The third-order valence-corrected chi connectivity index (χ3v) is 4.35. The van der Waals surface area contributed by atoms with Gasteiger partial charge in [0.1, 0.15) is 5.82 Å². The standard InChI is InChI=1S/C17H27FN2O/c1-3-19-13(2)15-9-4-10-16(18)17(15)20-11-5-7-14(20)8-6-12-21/h4,9-10,13-14,19,21H,3,5-8,11-12H2,1-2H3. The molecule has 0 bridgehead atoms. The summed E-state index contributed by atoms with van der Waals surface area (Å²) in [5.74, 6) is -0.131. The first-order chi connectivity index (χ1) is 10.2. The summed E-state index contributed by atoms with van der Waals surface area (Å²) in [6, 6.07) is 5.86. The maximum absolute atomic E-state index is 14.5. The maximum atomic E-state index is 14.5.